The Balaban J connectivity index is 1.64. The summed E-state index contributed by atoms with van der Waals surface area (Å²) < 4.78 is 12.5. The quantitative estimate of drug-likeness (QED) is 0.567. The van der Waals surface area contributed by atoms with Gasteiger partial charge < -0.3 is 9.47 Å². The lowest BCUT2D eigenvalue weighted by molar-refractivity contribution is -0.114. The summed E-state index contributed by atoms with van der Waals surface area (Å²) in [6, 6.07) is 11.7. The molecule has 0 spiro atoms. The first-order valence-electron chi connectivity index (χ1n) is 9.54. The molecule has 0 radical (unpaired) electrons. The lowest BCUT2D eigenvalue weighted by Crippen LogP contribution is -2.35. The second kappa shape index (κ2) is 9.07. The minimum atomic E-state index is -0.469. The van der Waals surface area contributed by atoms with E-state index < -0.39 is 5.91 Å². The van der Waals surface area contributed by atoms with Gasteiger partial charge in [0.2, 0.25) is 0 Å². The number of halogens is 1. The Morgan fingerprint density at radius 3 is 2.87 bits per heavy atom. The van der Waals surface area contributed by atoms with Gasteiger partial charge in [0.1, 0.15) is 6.61 Å². The standard InChI is InChI=1S/C22H19BrN4O3S/c1-3-29-18-10-15(8-16-20(24)27-22(26-21(16)28)31-12-25-27)9-17(23)19(18)30-11-14-6-4-5-13(2)7-14/h4-10,12,24H,3,11H2,1-2H3/b16-8+,24-20?. The highest BCUT2D eigenvalue weighted by atomic mass is 79.9. The molecule has 0 saturated carbocycles. The molecule has 158 valence electrons. The van der Waals surface area contributed by atoms with Crippen molar-refractivity contribution in [2.24, 2.45) is 10.1 Å². The lowest BCUT2D eigenvalue weighted by atomic mass is 10.1. The fraction of sp³-hybridized carbons (Fsp3) is 0.182. The van der Waals surface area contributed by atoms with Gasteiger partial charge in [-0.1, -0.05) is 29.8 Å². The van der Waals surface area contributed by atoms with Gasteiger partial charge in [0.25, 0.3) is 5.91 Å². The summed E-state index contributed by atoms with van der Waals surface area (Å²) in [6.07, 6.45) is 1.61. The van der Waals surface area contributed by atoms with Crippen molar-refractivity contribution in [3.8, 4) is 11.5 Å². The van der Waals surface area contributed by atoms with Crippen LogP contribution < -0.4 is 9.47 Å². The number of aryl methyl sites for hydroxylation is 1. The maximum atomic E-state index is 12.4. The number of amidine groups is 2. The van der Waals surface area contributed by atoms with Crippen molar-refractivity contribution in [1.82, 2.24) is 5.01 Å². The lowest BCUT2D eigenvalue weighted by Gasteiger charge is -2.20. The van der Waals surface area contributed by atoms with Gasteiger partial charge in [-0.3, -0.25) is 10.2 Å². The summed E-state index contributed by atoms with van der Waals surface area (Å²) in [5.41, 5.74) is 4.61. The zero-order valence-electron chi connectivity index (χ0n) is 16.9. The van der Waals surface area contributed by atoms with Gasteiger partial charge in [-0.2, -0.15) is 15.1 Å². The first kappa shape index (κ1) is 21.3. The van der Waals surface area contributed by atoms with Crippen LogP contribution in [0.25, 0.3) is 6.08 Å². The van der Waals surface area contributed by atoms with E-state index in [1.54, 1.807) is 17.7 Å². The number of rotatable bonds is 6. The number of carbonyl (C=O) groups excluding carboxylic acids is 1. The molecule has 0 unspecified atom stereocenters. The van der Waals surface area contributed by atoms with Gasteiger partial charge in [0, 0.05) is 0 Å². The molecular weight excluding hydrogens is 480 g/mol. The molecule has 0 bridgehead atoms. The number of hydrogen-bond acceptors (Lipinski definition) is 6. The highest BCUT2D eigenvalue weighted by Crippen LogP contribution is 2.38. The average Bonchev–Trinajstić information content (AvgIpc) is 3.19. The third kappa shape index (κ3) is 4.57. The zero-order valence-corrected chi connectivity index (χ0v) is 19.3. The number of hydrogen-bond donors (Lipinski definition) is 1. The molecule has 2 aliphatic rings. The molecule has 2 aromatic carbocycles. The van der Waals surface area contributed by atoms with Crippen molar-refractivity contribution in [2.45, 2.75) is 20.5 Å². The van der Waals surface area contributed by atoms with E-state index in [9.17, 15) is 4.79 Å². The predicted octanol–water partition coefficient (Wildman–Crippen LogP) is 4.98. The highest BCUT2D eigenvalue weighted by Gasteiger charge is 2.32. The number of aliphatic imine (C=N–C) groups is 1. The molecule has 0 aliphatic carbocycles. The van der Waals surface area contributed by atoms with Gasteiger partial charge in [0.05, 0.1) is 22.2 Å². The number of nitrogens with one attached hydrogen (secondary N) is 1. The van der Waals surface area contributed by atoms with Crippen LogP contribution in [-0.2, 0) is 11.4 Å². The fourth-order valence-corrected chi connectivity index (χ4v) is 4.32. The number of thioether (sulfide) groups is 1. The molecule has 0 saturated heterocycles. The smallest absolute Gasteiger partial charge is 0.283 e. The third-order valence-corrected chi connectivity index (χ3v) is 5.77. The number of hydrazone groups is 1. The van der Waals surface area contributed by atoms with E-state index in [0.29, 0.717) is 39.9 Å². The molecule has 7 nitrogen and oxygen atoms in total. The van der Waals surface area contributed by atoms with Crippen molar-refractivity contribution in [1.29, 1.82) is 5.41 Å². The van der Waals surface area contributed by atoms with Crippen LogP contribution in [0.15, 0.2) is 56.5 Å². The number of nitrogens with zero attached hydrogens (tertiary/aromatic N) is 3. The normalized spacial score (nSPS) is 16.5. The van der Waals surface area contributed by atoms with Gasteiger partial charge in [-0.05, 0) is 70.9 Å². The second-order valence-electron chi connectivity index (χ2n) is 6.80. The molecule has 1 N–H and O–H groups in total. The minimum absolute atomic E-state index is 0.00916. The second-order valence-corrected chi connectivity index (χ2v) is 8.46. The van der Waals surface area contributed by atoms with Crippen LogP contribution in [0.1, 0.15) is 23.6 Å². The zero-order chi connectivity index (χ0) is 22.0. The molecule has 2 aromatic rings. The topological polar surface area (TPSA) is 87.3 Å². The van der Waals surface area contributed by atoms with E-state index in [1.165, 1.54) is 22.3 Å². The summed E-state index contributed by atoms with van der Waals surface area (Å²) in [6.45, 7) is 4.78. The Hall–Kier alpha value is -2.91. The number of fused-ring (bicyclic) bond motifs is 1. The Morgan fingerprint density at radius 1 is 1.26 bits per heavy atom. The van der Waals surface area contributed by atoms with Crippen LogP contribution in [0.2, 0.25) is 0 Å². The fourth-order valence-electron chi connectivity index (χ4n) is 3.14. The average molecular weight is 499 g/mol. The summed E-state index contributed by atoms with van der Waals surface area (Å²) in [4.78, 5) is 16.4. The van der Waals surface area contributed by atoms with Crippen LogP contribution in [0.5, 0.6) is 11.5 Å². The molecule has 4 rings (SSSR count). The summed E-state index contributed by atoms with van der Waals surface area (Å²) in [5.74, 6) is 0.648. The maximum absolute atomic E-state index is 12.4. The summed E-state index contributed by atoms with van der Waals surface area (Å²) in [5, 5.41) is 14.1. The molecule has 1 amide bonds. The molecule has 0 fully saturated rings. The van der Waals surface area contributed by atoms with Crippen molar-refractivity contribution < 1.29 is 14.3 Å². The molecule has 0 atom stereocenters. The van der Waals surface area contributed by atoms with Gasteiger partial charge in [-0.15, -0.1) is 0 Å². The van der Waals surface area contributed by atoms with E-state index >= 15 is 0 Å². The molecule has 2 heterocycles. The summed E-state index contributed by atoms with van der Waals surface area (Å²) >= 11 is 4.77. The van der Waals surface area contributed by atoms with E-state index in [1.807, 2.05) is 38.1 Å². The highest BCUT2D eigenvalue weighted by molar-refractivity contribution is 9.10. The van der Waals surface area contributed by atoms with Gasteiger partial charge >= 0.3 is 0 Å². The van der Waals surface area contributed by atoms with E-state index in [-0.39, 0.29) is 11.4 Å². The number of carbonyl (C=O) groups is 1. The van der Waals surface area contributed by atoms with Crippen LogP contribution in [0.4, 0.5) is 0 Å². The molecule has 9 heteroatoms. The largest absolute Gasteiger partial charge is 0.490 e. The first-order valence-corrected chi connectivity index (χ1v) is 11.2. The number of benzene rings is 2. The van der Waals surface area contributed by atoms with Crippen LogP contribution in [-0.4, -0.2) is 34.1 Å². The summed E-state index contributed by atoms with van der Waals surface area (Å²) in [7, 11) is 0. The van der Waals surface area contributed by atoms with Crippen LogP contribution >= 0.6 is 27.7 Å². The van der Waals surface area contributed by atoms with E-state index in [2.05, 4.69) is 32.1 Å². The van der Waals surface area contributed by atoms with Crippen LogP contribution in [0, 0.1) is 12.3 Å². The number of ether oxygens (including phenoxy) is 2. The van der Waals surface area contributed by atoms with E-state index in [4.69, 9.17) is 14.9 Å². The van der Waals surface area contributed by atoms with Crippen molar-refractivity contribution >= 4 is 56.2 Å². The molecule has 2 aliphatic heterocycles. The first-order chi connectivity index (χ1) is 15.0. The Bertz CT molecular complexity index is 1160. The Kier molecular flexibility index (Phi) is 6.24. The monoisotopic (exact) mass is 498 g/mol. The number of amides is 1. The van der Waals surface area contributed by atoms with Gasteiger partial charge in [-0.25, -0.2) is 0 Å². The van der Waals surface area contributed by atoms with Crippen molar-refractivity contribution in [3.05, 3.63) is 63.1 Å². The van der Waals surface area contributed by atoms with Gasteiger partial charge in [0.15, 0.2) is 22.5 Å². The predicted molar refractivity (Wildman–Crippen MR) is 127 cm³/mol. The third-order valence-electron chi connectivity index (χ3n) is 4.50. The Labute approximate surface area is 192 Å². The van der Waals surface area contributed by atoms with E-state index in [0.717, 1.165) is 5.56 Å². The molecule has 0 aromatic heterocycles. The minimum Gasteiger partial charge on any atom is -0.490 e. The Morgan fingerprint density at radius 2 is 2.10 bits per heavy atom. The van der Waals surface area contributed by atoms with Crippen molar-refractivity contribution in [3.63, 3.8) is 0 Å². The van der Waals surface area contributed by atoms with Crippen molar-refractivity contribution in [2.75, 3.05) is 6.61 Å². The molecular formula is C22H19BrN4O3S. The maximum Gasteiger partial charge on any atom is 0.283 e. The molecule has 31 heavy (non-hydrogen) atoms. The van der Waals surface area contributed by atoms with Crippen LogP contribution in [0.3, 0.4) is 0 Å². The SMILES string of the molecule is CCOc1cc(/C=C2\C(=N)N3N=CSC3=NC2=O)cc(Br)c1OCc1cccc(C)c1.